The highest BCUT2D eigenvalue weighted by atomic mass is 19.4. The minimum atomic E-state index is -4.44. The Bertz CT molecular complexity index is 838. The Morgan fingerprint density at radius 2 is 2.07 bits per heavy atom. The first-order chi connectivity index (χ1) is 12.9. The topological polar surface area (TPSA) is 59.8 Å². The summed E-state index contributed by atoms with van der Waals surface area (Å²) in [6, 6.07) is 2.18. The van der Waals surface area contributed by atoms with Gasteiger partial charge in [0, 0.05) is 12.7 Å². The molecule has 0 fully saturated rings. The molecule has 0 aliphatic heterocycles. The second-order valence-electron chi connectivity index (χ2n) is 6.57. The molecule has 2 aromatic heterocycles. The molecule has 27 heavy (non-hydrogen) atoms. The third-order valence-electron chi connectivity index (χ3n) is 4.66. The lowest BCUT2D eigenvalue weighted by Crippen LogP contribution is -2.25. The molecule has 1 aliphatic carbocycles. The number of nitrogens with one attached hydrogen (secondary N) is 1. The fourth-order valence-corrected chi connectivity index (χ4v) is 3.11. The molecule has 0 unspecified atom stereocenters. The van der Waals surface area contributed by atoms with Crippen molar-refractivity contribution in [2.45, 2.75) is 45.2 Å². The highest BCUT2D eigenvalue weighted by molar-refractivity contribution is 5.95. The van der Waals surface area contributed by atoms with Crippen LogP contribution in [0.2, 0.25) is 0 Å². The summed E-state index contributed by atoms with van der Waals surface area (Å²) in [6.45, 7) is 2.23. The van der Waals surface area contributed by atoms with E-state index in [4.69, 9.17) is 0 Å². The SMILES string of the molecule is Cc1c(C(=O)NCCC2=CCCCC2)cnn1-c1ccc(C(F)(F)F)cn1. The molecule has 2 aromatic rings. The quantitative estimate of drug-likeness (QED) is 0.793. The van der Waals surface area contributed by atoms with Gasteiger partial charge in [-0.15, -0.1) is 0 Å². The van der Waals surface area contributed by atoms with Gasteiger partial charge in [-0.1, -0.05) is 11.6 Å². The maximum Gasteiger partial charge on any atom is 0.417 e. The van der Waals surface area contributed by atoms with Crippen molar-refractivity contribution < 1.29 is 18.0 Å². The molecular weight excluding hydrogens is 357 g/mol. The largest absolute Gasteiger partial charge is 0.417 e. The average Bonchev–Trinajstić information content (AvgIpc) is 3.03. The standard InChI is InChI=1S/C19H21F3N4O/c1-13-16(18(27)23-10-9-14-5-3-2-4-6-14)12-25-26(13)17-8-7-15(11-24-17)19(20,21)22/h5,7-8,11-12H,2-4,6,9-10H2,1H3,(H,23,27). The number of hydrogen-bond donors (Lipinski definition) is 1. The van der Waals surface area contributed by atoms with Crippen LogP contribution >= 0.6 is 0 Å². The zero-order valence-corrected chi connectivity index (χ0v) is 15.0. The summed E-state index contributed by atoms with van der Waals surface area (Å²) in [5.74, 6) is -0.0195. The van der Waals surface area contributed by atoms with Gasteiger partial charge in [0.2, 0.25) is 0 Å². The fourth-order valence-electron chi connectivity index (χ4n) is 3.11. The van der Waals surface area contributed by atoms with Gasteiger partial charge >= 0.3 is 6.18 Å². The molecule has 0 atom stereocenters. The van der Waals surface area contributed by atoms with Crippen molar-refractivity contribution in [3.8, 4) is 5.82 Å². The predicted molar refractivity (Wildman–Crippen MR) is 94.6 cm³/mol. The molecule has 1 N–H and O–H groups in total. The van der Waals surface area contributed by atoms with Crippen LogP contribution in [0, 0.1) is 6.92 Å². The maximum atomic E-state index is 12.6. The Balaban J connectivity index is 1.65. The highest BCUT2D eigenvalue weighted by Gasteiger charge is 2.30. The highest BCUT2D eigenvalue weighted by Crippen LogP contribution is 2.28. The van der Waals surface area contributed by atoms with E-state index >= 15 is 0 Å². The van der Waals surface area contributed by atoms with E-state index in [-0.39, 0.29) is 11.7 Å². The number of carbonyl (C=O) groups is 1. The van der Waals surface area contributed by atoms with E-state index in [0.717, 1.165) is 31.5 Å². The van der Waals surface area contributed by atoms with Crippen molar-refractivity contribution >= 4 is 5.91 Å². The Morgan fingerprint density at radius 3 is 2.70 bits per heavy atom. The first-order valence-electron chi connectivity index (χ1n) is 8.90. The van der Waals surface area contributed by atoms with Gasteiger partial charge in [0.05, 0.1) is 23.0 Å². The molecule has 3 rings (SSSR count). The first kappa shape index (κ1) is 19.1. The molecule has 0 radical (unpaired) electrons. The first-order valence-corrected chi connectivity index (χ1v) is 8.90. The number of halogens is 3. The molecule has 0 spiro atoms. The van der Waals surface area contributed by atoms with E-state index in [1.165, 1.54) is 35.4 Å². The molecule has 8 heteroatoms. The molecule has 2 heterocycles. The number of amides is 1. The minimum absolute atomic E-state index is 0.229. The predicted octanol–water partition coefficient (Wildman–Crippen LogP) is 4.21. The molecule has 0 saturated heterocycles. The number of nitrogens with zero attached hydrogens (tertiary/aromatic N) is 3. The van der Waals surface area contributed by atoms with Crippen molar-refractivity contribution in [3.63, 3.8) is 0 Å². The summed E-state index contributed by atoms with van der Waals surface area (Å²) in [6.07, 6.45) is 5.43. The molecule has 0 aromatic carbocycles. The number of hydrogen-bond acceptors (Lipinski definition) is 3. The normalized spacial score (nSPS) is 14.7. The van der Waals surface area contributed by atoms with Gasteiger partial charge in [0.25, 0.3) is 5.91 Å². The second-order valence-corrected chi connectivity index (χ2v) is 6.57. The summed E-state index contributed by atoms with van der Waals surface area (Å²) >= 11 is 0. The van der Waals surface area contributed by atoms with Crippen molar-refractivity contribution in [1.82, 2.24) is 20.1 Å². The lowest BCUT2D eigenvalue weighted by Gasteiger charge is -2.13. The number of aromatic nitrogens is 3. The Morgan fingerprint density at radius 1 is 1.26 bits per heavy atom. The van der Waals surface area contributed by atoms with Crippen LogP contribution < -0.4 is 5.32 Å². The maximum absolute atomic E-state index is 12.6. The van der Waals surface area contributed by atoms with Crippen molar-refractivity contribution in [2.24, 2.45) is 0 Å². The minimum Gasteiger partial charge on any atom is -0.352 e. The number of pyridine rings is 1. The fraction of sp³-hybridized carbons (Fsp3) is 0.421. The monoisotopic (exact) mass is 378 g/mol. The number of alkyl halides is 3. The van der Waals surface area contributed by atoms with Gasteiger partial charge in [-0.05, 0) is 51.2 Å². The number of rotatable bonds is 5. The molecule has 0 saturated carbocycles. The van der Waals surface area contributed by atoms with Crippen LogP contribution in [-0.4, -0.2) is 27.2 Å². The molecule has 1 amide bonds. The summed E-state index contributed by atoms with van der Waals surface area (Å²) in [5.41, 5.74) is 1.46. The van der Waals surface area contributed by atoms with E-state index in [2.05, 4.69) is 21.5 Å². The molecule has 1 aliphatic rings. The number of carbonyl (C=O) groups excluding carboxylic acids is 1. The van der Waals surface area contributed by atoms with Crippen molar-refractivity contribution in [1.29, 1.82) is 0 Å². The Kier molecular flexibility index (Phi) is 5.62. The summed E-state index contributed by atoms with van der Waals surface area (Å²) in [4.78, 5) is 16.2. The zero-order valence-electron chi connectivity index (χ0n) is 15.0. The second kappa shape index (κ2) is 7.94. The van der Waals surface area contributed by atoms with Crippen LogP contribution in [0.4, 0.5) is 13.2 Å². The van der Waals surface area contributed by atoms with Gasteiger partial charge in [-0.2, -0.15) is 18.3 Å². The van der Waals surface area contributed by atoms with Gasteiger partial charge in [0.1, 0.15) is 0 Å². The molecule has 5 nitrogen and oxygen atoms in total. The van der Waals surface area contributed by atoms with Gasteiger partial charge in [-0.25, -0.2) is 9.67 Å². The Labute approximate surface area is 155 Å². The van der Waals surface area contributed by atoms with Crippen LogP contribution in [0.1, 0.15) is 53.7 Å². The molecule has 0 bridgehead atoms. The zero-order chi connectivity index (χ0) is 19.4. The lowest BCUT2D eigenvalue weighted by atomic mass is 9.97. The molecular formula is C19H21F3N4O. The smallest absolute Gasteiger partial charge is 0.352 e. The Hall–Kier alpha value is -2.64. The van der Waals surface area contributed by atoms with Crippen LogP contribution in [-0.2, 0) is 6.18 Å². The van der Waals surface area contributed by atoms with Gasteiger partial charge in [-0.3, -0.25) is 4.79 Å². The average molecular weight is 378 g/mol. The summed E-state index contributed by atoms with van der Waals surface area (Å²) in [7, 11) is 0. The van der Waals surface area contributed by atoms with E-state index in [1.807, 2.05) is 0 Å². The van der Waals surface area contributed by atoms with Gasteiger partial charge < -0.3 is 5.32 Å². The third-order valence-corrected chi connectivity index (χ3v) is 4.66. The van der Waals surface area contributed by atoms with Crippen molar-refractivity contribution in [2.75, 3.05) is 6.54 Å². The third kappa shape index (κ3) is 4.56. The van der Waals surface area contributed by atoms with E-state index in [0.29, 0.717) is 17.8 Å². The van der Waals surface area contributed by atoms with Gasteiger partial charge in [0.15, 0.2) is 5.82 Å². The van der Waals surface area contributed by atoms with Crippen LogP contribution in [0.3, 0.4) is 0 Å². The number of allylic oxidation sites excluding steroid dienone is 1. The van der Waals surface area contributed by atoms with E-state index < -0.39 is 11.7 Å². The van der Waals surface area contributed by atoms with Crippen LogP contribution in [0.25, 0.3) is 5.82 Å². The van der Waals surface area contributed by atoms with E-state index in [9.17, 15) is 18.0 Å². The molecule has 144 valence electrons. The van der Waals surface area contributed by atoms with E-state index in [1.54, 1.807) is 6.92 Å². The summed E-state index contributed by atoms with van der Waals surface area (Å²) < 4.78 is 39.3. The van der Waals surface area contributed by atoms with Crippen LogP contribution in [0.5, 0.6) is 0 Å². The van der Waals surface area contributed by atoms with Crippen LogP contribution in [0.15, 0.2) is 36.2 Å². The lowest BCUT2D eigenvalue weighted by molar-refractivity contribution is -0.137. The summed E-state index contributed by atoms with van der Waals surface area (Å²) in [5, 5.41) is 6.98. The van der Waals surface area contributed by atoms with Crippen molar-refractivity contribution in [3.05, 3.63) is 53.0 Å².